The van der Waals surface area contributed by atoms with E-state index in [1.807, 2.05) is 0 Å². The molecule has 19 heavy (non-hydrogen) atoms. The summed E-state index contributed by atoms with van der Waals surface area (Å²) in [4.78, 5) is 11.5. The van der Waals surface area contributed by atoms with Gasteiger partial charge in [-0.15, -0.1) is 0 Å². The second-order valence-electron chi connectivity index (χ2n) is 3.74. The Morgan fingerprint density at radius 2 is 2.05 bits per heavy atom. The van der Waals surface area contributed by atoms with E-state index in [9.17, 15) is 22.4 Å². The smallest absolute Gasteiger partial charge is 0.416 e. The number of carbonyl (C=O) groups is 1. The molecule has 1 unspecified atom stereocenters. The first kappa shape index (κ1) is 15.4. The number of esters is 1. The van der Waals surface area contributed by atoms with Gasteiger partial charge >= 0.3 is 12.1 Å². The highest BCUT2D eigenvalue weighted by Gasteiger charge is 2.37. The van der Waals surface area contributed by atoms with Crippen molar-refractivity contribution in [3.8, 4) is 0 Å². The summed E-state index contributed by atoms with van der Waals surface area (Å²) in [6, 6.07) is 0.885. The monoisotopic (exact) mass is 279 g/mol. The van der Waals surface area contributed by atoms with Crippen LogP contribution < -0.4 is 5.32 Å². The van der Waals surface area contributed by atoms with Crippen molar-refractivity contribution in [2.75, 3.05) is 13.7 Å². The first-order valence-corrected chi connectivity index (χ1v) is 5.49. The summed E-state index contributed by atoms with van der Waals surface area (Å²) >= 11 is 0. The van der Waals surface area contributed by atoms with E-state index in [2.05, 4.69) is 10.1 Å². The van der Waals surface area contributed by atoms with Crippen LogP contribution in [-0.4, -0.2) is 19.6 Å². The lowest BCUT2D eigenvalue weighted by Gasteiger charge is -2.20. The van der Waals surface area contributed by atoms with Crippen molar-refractivity contribution >= 4 is 5.97 Å². The van der Waals surface area contributed by atoms with Crippen LogP contribution >= 0.6 is 0 Å². The van der Waals surface area contributed by atoms with Crippen LogP contribution in [0.25, 0.3) is 0 Å². The van der Waals surface area contributed by atoms with Crippen LogP contribution in [-0.2, 0) is 15.7 Å². The lowest BCUT2D eigenvalue weighted by atomic mass is 9.99. The van der Waals surface area contributed by atoms with Gasteiger partial charge in [-0.3, -0.25) is 0 Å². The van der Waals surface area contributed by atoms with E-state index >= 15 is 0 Å². The Morgan fingerprint density at radius 3 is 2.53 bits per heavy atom. The summed E-state index contributed by atoms with van der Waals surface area (Å²) in [5, 5.41) is 2.58. The Kier molecular flexibility index (Phi) is 4.88. The van der Waals surface area contributed by atoms with Crippen LogP contribution in [0.2, 0.25) is 0 Å². The van der Waals surface area contributed by atoms with Gasteiger partial charge < -0.3 is 10.1 Å². The average Bonchev–Trinajstić information content (AvgIpc) is 2.34. The first-order valence-electron chi connectivity index (χ1n) is 5.49. The van der Waals surface area contributed by atoms with E-state index in [0.717, 1.165) is 19.2 Å². The number of nitrogens with one attached hydrogen (secondary N) is 1. The number of benzene rings is 1. The molecule has 1 aromatic carbocycles. The molecule has 0 fully saturated rings. The maximum absolute atomic E-state index is 13.0. The maximum atomic E-state index is 13.0. The first-order chi connectivity index (χ1) is 8.81. The second-order valence-corrected chi connectivity index (χ2v) is 3.74. The molecule has 0 radical (unpaired) electrons. The Morgan fingerprint density at radius 1 is 1.42 bits per heavy atom. The van der Waals surface area contributed by atoms with E-state index in [-0.39, 0.29) is 12.1 Å². The number of methoxy groups -OCH3 is 1. The van der Waals surface area contributed by atoms with Crippen LogP contribution in [0.4, 0.5) is 17.6 Å². The molecule has 0 heterocycles. The third-order valence-electron chi connectivity index (χ3n) is 2.48. The van der Waals surface area contributed by atoms with Crippen LogP contribution in [0.15, 0.2) is 18.2 Å². The Labute approximate surface area is 107 Å². The van der Waals surface area contributed by atoms with E-state index in [4.69, 9.17) is 0 Å². The van der Waals surface area contributed by atoms with E-state index in [1.54, 1.807) is 6.92 Å². The molecule has 0 aliphatic heterocycles. The van der Waals surface area contributed by atoms with E-state index < -0.39 is 29.6 Å². The van der Waals surface area contributed by atoms with Crippen molar-refractivity contribution < 1.29 is 27.1 Å². The highest BCUT2D eigenvalue weighted by molar-refractivity contribution is 5.78. The highest BCUT2D eigenvalue weighted by Crippen LogP contribution is 2.35. The summed E-state index contributed by atoms with van der Waals surface area (Å²) in [7, 11) is 1.07. The number of halogens is 4. The normalized spacial score (nSPS) is 13.2. The summed E-state index contributed by atoms with van der Waals surface area (Å²) in [5.74, 6) is -1.88. The predicted molar refractivity (Wildman–Crippen MR) is 59.8 cm³/mol. The van der Waals surface area contributed by atoms with Gasteiger partial charge in [0.2, 0.25) is 0 Å². The number of likely N-dealkylation sites (N-methyl/N-ethyl adjacent to an activating group) is 1. The second kappa shape index (κ2) is 6.01. The quantitative estimate of drug-likeness (QED) is 0.680. The molecule has 0 saturated heterocycles. The van der Waals surface area contributed by atoms with Gasteiger partial charge in [-0.05, 0) is 24.2 Å². The number of hydrogen-bond donors (Lipinski definition) is 1. The minimum absolute atomic E-state index is 0.258. The van der Waals surface area contributed by atoms with Gasteiger partial charge in [0, 0.05) is 0 Å². The van der Waals surface area contributed by atoms with Crippen molar-refractivity contribution in [3.05, 3.63) is 35.1 Å². The maximum Gasteiger partial charge on any atom is 0.416 e. The largest absolute Gasteiger partial charge is 0.468 e. The fourth-order valence-electron chi connectivity index (χ4n) is 1.67. The number of carbonyl (C=O) groups excluding carboxylic acids is 1. The molecular weight excluding hydrogens is 266 g/mol. The van der Waals surface area contributed by atoms with Crippen molar-refractivity contribution in [1.82, 2.24) is 5.32 Å². The fraction of sp³-hybridized carbons (Fsp3) is 0.417. The summed E-state index contributed by atoms with van der Waals surface area (Å²) in [6.45, 7) is 1.89. The van der Waals surface area contributed by atoms with Gasteiger partial charge in [0.25, 0.3) is 0 Å². The molecular formula is C12H13F4NO2. The molecule has 0 aromatic heterocycles. The Bertz CT molecular complexity index is 460. The van der Waals surface area contributed by atoms with Crippen molar-refractivity contribution in [2.24, 2.45) is 0 Å². The highest BCUT2D eigenvalue weighted by atomic mass is 19.4. The zero-order valence-electron chi connectivity index (χ0n) is 10.3. The molecule has 0 spiro atoms. The molecule has 7 heteroatoms. The summed E-state index contributed by atoms with van der Waals surface area (Å²) in [6.07, 6.45) is -4.75. The molecule has 0 bridgehead atoms. The molecule has 0 saturated carbocycles. The minimum atomic E-state index is -4.75. The van der Waals surface area contributed by atoms with E-state index in [1.165, 1.54) is 0 Å². The molecule has 106 valence electrons. The molecule has 0 amide bonds. The number of rotatable bonds is 4. The fourth-order valence-corrected chi connectivity index (χ4v) is 1.67. The van der Waals surface area contributed by atoms with Gasteiger partial charge in [0.1, 0.15) is 11.9 Å². The van der Waals surface area contributed by atoms with Crippen LogP contribution in [0.3, 0.4) is 0 Å². The summed E-state index contributed by atoms with van der Waals surface area (Å²) < 4.78 is 56.0. The average molecular weight is 279 g/mol. The zero-order valence-corrected chi connectivity index (χ0v) is 10.3. The molecule has 3 nitrogen and oxygen atoms in total. The van der Waals surface area contributed by atoms with Crippen molar-refractivity contribution in [2.45, 2.75) is 19.1 Å². The third kappa shape index (κ3) is 3.66. The van der Waals surface area contributed by atoms with Gasteiger partial charge in [-0.2, -0.15) is 13.2 Å². The van der Waals surface area contributed by atoms with E-state index in [0.29, 0.717) is 6.07 Å². The zero-order chi connectivity index (χ0) is 14.6. The number of ether oxygens (including phenoxy) is 1. The van der Waals surface area contributed by atoms with Crippen LogP contribution in [0.1, 0.15) is 24.1 Å². The van der Waals surface area contributed by atoms with Crippen molar-refractivity contribution in [3.63, 3.8) is 0 Å². The van der Waals surface area contributed by atoms with Gasteiger partial charge in [-0.25, -0.2) is 9.18 Å². The number of hydrogen-bond acceptors (Lipinski definition) is 3. The van der Waals surface area contributed by atoms with Crippen LogP contribution in [0.5, 0.6) is 0 Å². The predicted octanol–water partition coefficient (Wildman–Crippen LogP) is 2.67. The molecule has 1 aromatic rings. The van der Waals surface area contributed by atoms with Gasteiger partial charge in [0.05, 0.1) is 12.7 Å². The Hall–Kier alpha value is -1.63. The molecule has 0 aliphatic carbocycles. The SMILES string of the molecule is CCNC(C(=O)OC)c1ccc(F)cc1C(F)(F)F. The van der Waals surface area contributed by atoms with Crippen LogP contribution in [0, 0.1) is 5.82 Å². The van der Waals surface area contributed by atoms with Gasteiger partial charge in [-0.1, -0.05) is 13.0 Å². The van der Waals surface area contributed by atoms with Crippen molar-refractivity contribution in [1.29, 1.82) is 0 Å². The topological polar surface area (TPSA) is 38.3 Å². The molecule has 1 rings (SSSR count). The Balaban J connectivity index is 3.33. The third-order valence-corrected chi connectivity index (χ3v) is 2.48. The molecule has 1 atom stereocenters. The van der Waals surface area contributed by atoms with Gasteiger partial charge in [0.15, 0.2) is 0 Å². The summed E-state index contributed by atoms with van der Waals surface area (Å²) in [5.41, 5.74) is -1.55. The lowest BCUT2D eigenvalue weighted by Crippen LogP contribution is -2.31. The standard InChI is InChI=1S/C12H13F4NO2/c1-3-17-10(11(18)19-2)8-5-4-7(13)6-9(8)12(14,15)16/h4-6,10,17H,3H2,1-2H3. The number of alkyl halides is 3. The minimum Gasteiger partial charge on any atom is -0.468 e. The molecule has 0 aliphatic rings. The molecule has 1 N–H and O–H groups in total. The lowest BCUT2D eigenvalue weighted by molar-refractivity contribution is -0.145.